The second-order valence-corrected chi connectivity index (χ2v) is 5.22. The summed E-state index contributed by atoms with van der Waals surface area (Å²) in [6.07, 6.45) is 0. The topological polar surface area (TPSA) is 26.3 Å². The number of carbonyl (C=O) groups is 1. The zero-order chi connectivity index (χ0) is 13.1. The molecule has 0 fully saturated rings. The zero-order valence-corrected chi connectivity index (χ0v) is 11.3. The minimum Gasteiger partial charge on any atom is -0.450 e. The van der Waals surface area contributed by atoms with Crippen LogP contribution in [0.4, 0.5) is 0 Å². The molecule has 0 unspecified atom stereocenters. The Morgan fingerprint density at radius 3 is 2.53 bits per heavy atom. The highest BCUT2D eigenvalue weighted by molar-refractivity contribution is 6.33. The van der Waals surface area contributed by atoms with Crippen LogP contribution in [0.25, 0.3) is 0 Å². The lowest BCUT2D eigenvalue weighted by atomic mass is 10.2. The number of hydrogen-bond donors (Lipinski definition) is 0. The molecule has 1 aromatic carbocycles. The van der Waals surface area contributed by atoms with Gasteiger partial charge in [-0.05, 0) is 39.0 Å². The van der Waals surface area contributed by atoms with Crippen LogP contribution in [0.3, 0.4) is 0 Å². The zero-order valence-electron chi connectivity index (χ0n) is 9.80. The van der Waals surface area contributed by atoms with Crippen molar-refractivity contribution in [2.75, 3.05) is 0 Å². The van der Waals surface area contributed by atoms with Crippen molar-refractivity contribution in [3.63, 3.8) is 0 Å². The molecule has 17 heavy (non-hydrogen) atoms. The van der Waals surface area contributed by atoms with Crippen molar-refractivity contribution < 1.29 is 9.53 Å². The van der Waals surface area contributed by atoms with Crippen LogP contribution in [0.2, 0.25) is 10.0 Å². The van der Waals surface area contributed by atoms with Gasteiger partial charge in [0.05, 0.1) is 5.02 Å². The summed E-state index contributed by atoms with van der Waals surface area (Å²) >= 11 is 11.7. The molecule has 0 amide bonds. The van der Waals surface area contributed by atoms with E-state index in [1.165, 1.54) is 0 Å². The monoisotopic (exact) mass is 270 g/mol. The summed E-state index contributed by atoms with van der Waals surface area (Å²) in [7, 11) is 0. The molecule has 0 heterocycles. The third-order valence-electron chi connectivity index (χ3n) is 1.63. The van der Waals surface area contributed by atoms with Crippen LogP contribution in [-0.4, -0.2) is 11.6 Å². The highest BCUT2D eigenvalue weighted by Crippen LogP contribution is 2.19. The second kappa shape index (κ2) is 5.44. The average Bonchev–Trinajstić information content (AvgIpc) is 2.17. The molecule has 1 rings (SSSR count). The Morgan fingerprint density at radius 1 is 1.29 bits per heavy atom. The number of carbonyl (C=O) groups excluding carboxylic acids is 1. The van der Waals surface area contributed by atoms with Gasteiger partial charge in [0.25, 0.3) is 0 Å². The molecule has 0 saturated carbocycles. The molecule has 0 aliphatic carbocycles. The van der Waals surface area contributed by atoms with E-state index >= 15 is 0 Å². The van der Waals surface area contributed by atoms with Crippen molar-refractivity contribution in [3.05, 3.63) is 33.8 Å². The predicted octanol–water partition coefficient (Wildman–Crippen LogP) is 3.69. The van der Waals surface area contributed by atoms with Crippen molar-refractivity contribution in [1.82, 2.24) is 0 Å². The predicted molar refractivity (Wildman–Crippen MR) is 69.2 cm³/mol. The quantitative estimate of drug-likeness (QED) is 0.531. The van der Waals surface area contributed by atoms with Crippen molar-refractivity contribution in [1.29, 1.82) is 0 Å². The molecular weight excluding hydrogens is 259 g/mol. The molecule has 0 saturated heterocycles. The average molecular weight is 271 g/mol. The Morgan fingerprint density at radius 2 is 1.94 bits per heavy atom. The number of rotatable bonds is 0. The maximum absolute atomic E-state index is 11.4. The lowest BCUT2D eigenvalue weighted by Crippen LogP contribution is -2.22. The third-order valence-corrected chi connectivity index (χ3v) is 2.19. The van der Waals surface area contributed by atoms with Crippen LogP contribution in [0.5, 0.6) is 0 Å². The fraction of sp³-hybridized carbons (Fsp3) is 0.308. The summed E-state index contributed by atoms with van der Waals surface area (Å²) in [5, 5.41) is 0.966. The molecule has 1 aromatic rings. The van der Waals surface area contributed by atoms with Crippen molar-refractivity contribution in [2.45, 2.75) is 26.4 Å². The summed E-state index contributed by atoms with van der Waals surface area (Å²) in [6.45, 7) is 5.33. The molecule has 4 heteroatoms. The molecule has 0 spiro atoms. The Kier molecular flexibility index (Phi) is 4.45. The van der Waals surface area contributed by atoms with Gasteiger partial charge in [-0.3, -0.25) is 0 Å². The normalized spacial score (nSPS) is 10.4. The number of esters is 1. The lowest BCUT2D eigenvalue weighted by Gasteiger charge is -2.16. The second-order valence-electron chi connectivity index (χ2n) is 4.38. The van der Waals surface area contributed by atoms with Gasteiger partial charge in [-0.25, -0.2) is 4.79 Å². The van der Waals surface area contributed by atoms with Gasteiger partial charge >= 0.3 is 5.97 Å². The maximum atomic E-state index is 11.4. The van der Waals surface area contributed by atoms with Gasteiger partial charge in [0.2, 0.25) is 0 Å². The van der Waals surface area contributed by atoms with E-state index in [9.17, 15) is 4.79 Å². The summed E-state index contributed by atoms with van der Waals surface area (Å²) in [6, 6.07) is 4.88. The number of hydrogen-bond acceptors (Lipinski definition) is 2. The molecule has 90 valence electrons. The number of halogens is 2. The first-order valence-corrected chi connectivity index (χ1v) is 5.73. The van der Waals surface area contributed by atoms with E-state index < -0.39 is 11.6 Å². The van der Waals surface area contributed by atoms with Gasteiger partial charge in [0, 0.05) is 16.5 Å². The summed E-state index contributed by atoms with van der Waals surface area (Å²) in [5.74, 6) is 4.42. The fourth-order valence-electron chi connectivity index (χ4n) is 1.02. The largest absolute Gasteiger partial charge is 0.450 e. The summed E-state index contributed by atoms with van der Waals surface area (Å²) in [5.41, 5.74) is -0.0470. The van der Waals surface area contributed by atoms with E-state index in [-0.39, 0.29) is 0 Å². The minimum absolute atomic E-state index is 0.449. The molecule has 0 aromatic heterocycles. The van der Waals surface area contributed by atoms with Crippen molar-refractivity contribution >= 4 is 29.2 Å². The first-order chi connectivity index (χ1) is 7.78. The standard InChI is InChI=1S/C13H12Cl2O2/c1-13(2,3)17-12(16)7-4-9-8-10(14)5-6-11(9)15/h5-6,8H,1-3H3. The Hall–Kier alpha value is -1.17. The molecule has 0 atom stereocenters. The van der Waals surface area contributed by atoms with E-state index in [1.54, 1.807) is 39.0 Å². The van der Waals surface area contributed by atoms with Crippen LogP contribution in [0.15, 0.2) is 18.2 Å². The smallest absolute Gasteiger partial charge is 0.385 e. The van der Waals surface area contributed by atoms with Gasteiger partial charge < -0.3 is 4.74 Å². The van der Waals surface area contributed by atoms with Crippen LogP contribution in [0.1, 0.15) is 26.3 Å². The highest BCUT2D eigenvalue weighted by Gasteiger charge is 2.14. The molecule has 2 nitrogen and oxygen atoms in total. The van der Waals surface area contributed by atoms with Crippen molar-refractivity contribution in [2.24, 2.45) is 0 Å². The molecule has 0 radical (unpaired) electrons. The molecule has 0 aliphatic heterocycles. The van der Waals surface area contributed by atoms with Gasteiger partial charge in [0.1, 0.15) is 5.60 Å². The molecular formula is C13H12Cl2O2. The summed E-state index contributed by atoms with van der Waals surface area (Å²) < 4.78 is 5.04. The molecule has 0 bridgehead atoms. The molecule has 0 N–H and O–H groups in total. The first-order valence-electron chi connectivity index (χ1n) is 4.98. The first kappa shape index (κ1) is 13.9. The van der Waals surface area contributed by atoms with Gasteiger partial charge in [-0.2, -0.15) is 0 Å². The Bertz CT molecular complexity index is 490. The fourth-order valence-corrected chi connectivity index (χ4v) is 1.35. The Balaban J connectivity index is 2.85. The van der Waals surface area contributed by atoms with E-state index in [1.807, 2.05) is 0 Å². The van der Waals surface area contributed by atoms with E-state index in [4.69, 9.17) is 27.9 Å². The highest BCUT2D eigenvalue weighted by atomic mass is 35.5. The van der Waals surface area contributed by atoms with Crippen LogP contribution in [-0.2, 0) is 9.53 Å². The van der Waals surface area contributed by atoms with Crippen LogP contribution in [0, 0.1) is 11.8 Å². The summed E-state index contributed by atoms with van der Waals surface area (Å²) in [4.78, 5) is 11.4. The van der Waals surface area contributed by atoms with E-state index in [0.717, 1.165) is 0 Å². The Labute approximate surface area is 111 Å². The minimum atomic E-state index is -0.589. The van der Waals surface area contributed by atoms with Gasteiger partial charge in [0.15, 0.2) is 0 Å². The van der Waals surface area contributed by atoms with Gasteiger partial charge in [-0.1, -0.05) is 29.1 Å². The molecule has 0 aliphatic rings. The van der Waals surface area contributed by atoms with E-state index in [2.05, 4.69) is 11.8 Å². The SMILES string of the molecule is CC(C)(C)OC(=O)C#Cc1cc(Cl)ccc1Cl. The maximum Gasteiger partial charge on any atom is 0.385 e. The van der Waals surface area contributed by atoms with E-state index in [0.29, 0.717) is 15.6 Å². The van der Waals surface area contributed by atoms with Crippen LogP contribution < -0.4 is 0 Å². The number of ether oxygens (including phenoxy) is 1. The lowest BCUT2D eigenvalue weighted by molar-refractivity contribution is -0.147. The van der Waals surface area contributed by atoms with Gasteiger partial charge in [-0.15, -0.1) is 0 Å². The van der Waals surface area contributed by atoms with Crippen molar-refractivity contribution in [3.8, 4) is 11.8 Å². The number of benzene rings is 1. The van der Waals surface area contributed by atoms with Crippen LogP contribution >= 0.6 is 23.2 Å². The third kappa shape index (κ3) is 5.12.